The van der Waals surface area contributed by atoms with Gasteiger partial charge in [-0.25, -0.2) is 8.42 Å². The van der Waals surface area contributed by atoms with Crippen molar-refractivity contribution < 1.29 is 18.0 Å². The van der Waals surface area contributed by atoms with Gasteiger partial charge in [0.15, 0.2) is 5.78 Å². The van der Waals surface area contributed by atoms with Crippen molar-refractivity contribution in [3.05, 3.63) is 17.5 Å². The topological polar surface area (TPSA) is 83.6 Å². The molecular weight excluding hydrogens is 348 g/mol. The second-order valence-corrected chi connectivity index (χ2v) is 9.54. The molecule has 0 saturated carbocycles. The second-order valence-electron chi connectivity index (χ2n) is 6.43. The van der Waals surface area contributed by atoms with E-state index in [-0.39, 0.29) is 22.4 Å². The Balaban J connectivity index is 1.99. The molecule has 1 fully saturated rings. The monoisotopic (exact) mass is 372 g/mol. The Morgan fingerprint density at radius 2 is 2.21 bits per heavy atom. The lowest BCUT2D eigenvalue weighted by atomic mass is 10.1. The van der Waals surface area contributed by atoms with Crippen molar-refractivity contribution in [3.63, 3.8) is 0 Å². The summed E-state index contributed by atoms with van der Waals surface area (Å²) in [5.41, 5.74) is 0. The third-order valence-corrected chi connectivity index (χ3v) is 7.21. The van der Waals surface area contributed by atoms with Gasteiger partial charge >= 0.3 is 0 Å². The van der Waals surface area contributed by atoms with Gasteiger partial charge in [0.25, 0.3) is 10.0 Å². The SMILES string of the molecule is CC(C)CCC(=O)NC1CCCN(S(=O)(=O)c2cccs2)CC1=O. The van der Waals surface area contributed by atoms with Crippen molar-refractivity contribution in [2.45, 2.75) is 49.8 Å². The zero-order valence-corrected chi connectivity index (χ0v) is 15.7. The summed E-state index contributed by atoms with van der Waals surface area (Å²) in [6.45, 7) is 4.19. The molecule has 0 radical (unpaired) electrons. The maximum atomic E-state index is 12.5. The summed E-state index contributed by atoms with van der Waals surface area (Å²) < 4.78 is 26.6. The fourth-order valence-corrected chi connectivity index (χ4v) is 5.17. The number of carbonyl (C=O) groups is 2. The van der Waals surface area contributed by atoms with E-state index in [4.69, 9.17) is 0 Å². The molecule has 6 nitrogen and oxygen atoms in total. The summed E-state index contributed by atoms with van der Waals surface area (Å²) in [4.78, 5) is 24.3. The molecule has 1 aromatic rings. The van der Waals surface area contributed by atoms with Crippen LogP contribution in [0.3, 0.4) is 0 Å². The van der Waals surface area contributed by atoms with E-state index >= 15 is 0 Å². The average Bonchev–Trinajstić information content (AvgIpc) is 2.99. The highest BCUT2D eigenvalue weighted by molar-refractivity contribution is 7.91. The zero-order valence-electron chi connectivity index (χ0n) is 14.0. The summed E-state index contributed by atoms with van der Waals surface area (Å²) in [5.74, 6) is 0.0363. The van der Waals surface area contributed by atoms with Crippen LogP contribution in [0.2, 0.25) is 0 Å². The minimum atomic E-state index is -3.63. The summed E-state index contributed by atoms with van der Waals surface area (Å²) >= 11 is 1.14. The highest BCUT2D eigenvalue weighted by atomic mass is 32.2. The molecule has 0 spiro atoms. The van der Waals surface area contributed by atoms with E-state index < -0.39 is 16.1 Å². The largest absolute Gasteiger partial charge is 0.346 e. The van der Waals surface area contributed by atoms with Crippen LogP contribution in [0.5, 0.6) is 0 Å². The third kappa shape index (κ3) is 4.87. The number of Topliss-reactive ketones (excluding diaryl/α,β-unsaturated/α-hetero) is 1. The molecule has 0 bridgehead atoms. The Morgan fingerprint density at radius 3 is 2.83 bits per heavy atom. The van der Waals surface area contributed by atoms with Crippen LogP contribution in [0, 0.1) is 5.92 Å². The minimum absolute atomic E-state index is 0.142. The van der Waals surface area contributed by atoms with Gasteiger partial charge in [-0.05, 0) is 36.6 Å². The molecule has 1 aliphatic rings. The predicted octanol–water partition coefficient (Wildman–Crippen LogP) is 2.02. The van der Waals surface area contributed by atoms with Crippen LogP contribution < -0.4 is 5.32 Å². The van der Waals surface area contributed by atoms with Gasteiger partial charge in [0.1, 0.15) is 4.21 Å². The van der Waals surface area contributed by atoms with E-state index in [2.05, 4.69) is 5.32 Å². The van der Waals surface area contributed by atoms with Gasteiger partial charge in [-0.1, -0.05) is 19.9 Å². The summed E-state index contributed by atoms with van der Waals surface area (Å²) in [6.07, 6.45) is 2.18. The van der Waals surface area contributed by atoms with Gasteiger partial charge in [-0.2, -0.15) is 4.31 Å². The van der Waals surface area contributed by atoms with Crippen molar-refractivity contribution in [3.8, 4) is 0 Å². The molecule has 1 amide bonds. The number of sulfonamides is 1. The predicted molar refractivity (Wildman–Crippen MR) is 93.3 cm³/mol. The molecule has 2 heterocycles. The molecule has 1 unspecified atom stereocenters. The molecule has 0 aliphatic carbocycles. The number of thiophene rings is 1. The van der Waals surface area contributed by atoms with E-state index in [0.29, 0.717) is 31.7 Å². The number of amides is 1. The first-order chi connectivity index (χ1) is 11.3. The number of nitrogens with zero attached hydrogens (tertiary/aromatic N) is 1. The Morgan fingerprint density at radius 1 is 1.46 bits per heavy atom. The normalized spacial score (nSPS) is 20.1. The molecule has 1 N–H and O–H groups in total. The molecule has 0 aromatic carbocycles. The minimum Gasteiger partial charge on any atom is -0.346 e. The fourth-order valence-electron chi connectivity index (χ4n) is 2.58. The lowest BCUT2D eigenvalue weighted by Crippen LogP contribution is -2.44. The molecule has 24 heavy (non-hydrogen) atoms. The number of hydrogen-bond donors (Lipinski definition) is 1. The average molecular weight is 373 g/mol. The summed E-state index contributed by atoms with van der Waals surface area (Å²) in [5, 5.41) is 4.46. The third-order valence-electron chi connectivity index (χ3n) is 3.99. The van der Waals surface area contributed by atoms with Crippen LogP contribution in [0.4, 0.5) is 0 Å². The molecular formula is C16H24N2O4S2. The number of ketones is 1. The maximum Gasteiger partial charge on any atom is 0.252 e. The van der Waals surface area contributed by atoms with Gasteiger partial charge in [0, 0.05) is 13.0 Å². The number of hydrogen-bond acceptors (Lipinski definition) is 5. The summed E-state index contributed by atoms with van der Waals surface area (Å²) in [7, 11) is -3.63. The molecule has 134 valence electrons. The van der Waals surface area contributed by atoms with E-state index in [1.807, 2.05) is 13.8 Å². The van der Waals surface area contributed by atoms with Crippen LogP contribution >= 0.6 is 11.3 Å². The molecule has 2 rings (SSSR count). The number of nitrogens with one attached hydrogen (secondary N) is 1. The van der Waals surface area contributed by atoms with Gasteiger partial charge < -0.3 is 5.32 Å². The van der Waals surface area contributed by atoms with Gasteiger partial charge in [0.05, 0.1) is 12.6 Å². The van der Waals surface area contributed by atoms with Crippen molar-refractivity contribution in [2.75, 3.05) is 13.1 Å². The van der Waals surface area contributed by atoms with Gasteiger partial charge in [-0.3, -0.25) is 9.59 Å². The lowest BCUT2D eigenvalue weighted by Gasteiger charge is -2.19. The number of carbonyl (C=O) groups excluding carboxylic acids is 2. The molecule has 8 heteroatoms. The van der Waals surface area contributed by atoms with E-state index in [1.165, 1.54) is 4.31 Å². The van der Waals surface area contributed by atoms with Gasteiger partial charge in [0.2, 0.25) is 5.91 Å². The van der Waals surface area contributed by atoms with Crippen molar-refractivity contribution in [1.29, 1.82) is 0 Å². The fraction of sp³-hybridized carbons (Fsp3) is 0.625. The highest BCUT2D eigenvalue weighted by Gasteiger charge is 2.33. The van der Waals surface area contributed by atoms with Crippen molar-refractivity contribution in [2.24, 2.45) is 5.92 Å². The Bertz CT molecular complexity index is 668. The Hall–Kier alpha value is -1.25. The standard InChI is InChI=1S/C16H24N2O4S2/c1-12(2)7-8-15(20)17-13-5-3-9-18(11-14(13)19)24(21,22)16-6-4-10-23-16/h4,6,10,12-13H,3,5,7-9,11H2,1-2H3,(H,17,20). The molecule has 1 saturated heterocycles. The van der Waals surface area contributed by atoms with E-state index in [1.54, 1.807) is 17.5 Å². The molecule has 1 aromatic heterocycles. The Labute approximate surface area is 147 Å². The Kier molecular flexibility index (Phi) is 6.54. The molecule has 1 atom stereocenters. The van der Waals surface area contributed by atoms with Crippen molar-refractivity contribution in [1.82, 2.24) is 9.62 Å². The molecule has 1 aliphatic heterocycles. The summed E-state index contributed by atoms with van der Waals surface area (Å²) in [6, 6.07) is 2.63. The highest BCUT2D eigenvalue weighted by Crippen LogP contribution is 2.23. The zero-order chi connectivity index (χ0) is 17.7. The lowest BCUT2D eigenvalue weighted by molar-refractivity contribution is -0.127. The van der Waals surface area contributed by atoms with Crippen LogP contribution in [0.25, 0.3) is 0 Å². The second kappa shape index (κ2) is 8.22. The quantitative estimate of drug-likeness (QED) is 0.828. The van der Waals surface area contributed by atoms with Crippen LogP contribution in [-0.4, -0.2) is 43.5 Å². The first-order valence-corrected chi connectivity index (χ1v) is 10.5. The van der Waals surface area contributed by atoms with E-state index in [0.717, 1.165) is 17.8 Å². The first kappa shape index (κ1) is 19.1. The van der Waals surface area contributed by atoms with Crippen LogP contribution in [0.1, 0.15) is 39.5 Å². The number of rotatable bonds is 6. The van der Waals surface area contributed by atoms with Crippen molar-refractivity contribution >= 4 is 33.1 Å². The smallest absolute Gasteiger partial charge is 0.252 e. The van der Waals surface area contributed by atoms with E-state index in [9.17, 15) is 18.0 Å². The van der Waals surface area contributed by atoms with Crippen LogP contribution in [0.15, 0.2) is 21.7 Å². The first-order valence-electron chi connectivity index (χ1n) is 8.16. The maximum absolute atomic E-state index is 12.5. The van der Waals surface area contributed by atoms with Gasteiger partial charge in [-0.15, -0.1) is 11.3 Å². The van der Waals surface area contributed by atoms with Crippen LogP contribution in [-0.2, 0) is 19.6 Å².